The van der Waals surface area contributed by atoms with Gasteiger partial charge in [-0.1, -0.05) is 13.3 Å². The lowest BCUT2D eigenvalue weighted by molar-refractivity contribution is -0.134. The quantitative estimate of drug-likeness (QED) is 0.505. The lowest BCUT2D eigenvalue weighted by atomic mass is 10.3. The van der Waals surface area contributed by atoms with Gasteiger partial charge in [0.25, 0.3) is 0 Å². The zero-order valence-electron chi connectivity index (χ0n) is 7.54. The fraction of sp³-hybridized carbons (Fsp3) is 0.667. The van der Waals surface area contributed by atoms with E-state index in [4.69, 9.17) is 0 Å². The molecule has 1 rings (SSSR count). The Bertz CT molecular complexity index is 189. The van der Waals surface area contributed by atoms with Crippen LogP contribution < -0.4 is 5.32 Å². The highest BCUT2D eigenvalue weighted by molar-refractivity contribution is 5.81. The van der Waals surface area contributed by atoms with Crippen molar-refractivity contribution in [2.45, 2.75) is 25.8 Å². The third kappa shape index (κ3) is 2.57. The summed E-state index contributed by atoms with van der Waals surface area (Å²) < 4.78 is 4.44. The Balaban J connectivity index is 2.10. The van der Waals surface area contributed by atoms with Crippen molar-refractivity contribution in [3.63, 3.8) is 0 Å². The zero-order chi connectivity index (χ0) is 8.97. The van der Waals surface area contributed by atoms with Crippen LogP contribution in [0.2, 0.25) is 0 Å². The standard InChI is InChI=1S/C9H15NO2/c1-3-7-6-8(7)10-5-4-9(11)12-2/h4-5,7-8,10H,3,6H2,1-2H3/b5-4+. The third-order valence-electron chi connectivity index (χ3n) is 2.18. The number of ether oxygens (including phenoxy) is 1. The van der Waals surface area contributed by atoms with Crippen LogP contribution in [0.25, 0.3) is 0 Å². The van der Waals surface area contributed by atoms with Crippen LogP contribution in [0, 0.1) is 5.92 Å². The fourth-order valence-corrected chi connectivity index (χ4v) is 1.21. The van der Waals surface area contributed by atoms with Crippen LogP contribution >= 0.6 is 0 Å². The van der Waals surface area contributed by atoms with E-state index in [2.05, 4.69) is 17.0 Å². The maximum atomic E-state index is 10.6. The van der Waals surface area contributed by atoms with E-state index in [1.807, 2.05) is 0 Å². The molecule has 0 aromatic heterocycles. The van der Waals surface area contributed by atoms with Gasteiger partial charge in [-0.2, -0.15) is 0 Å². The zero-order valence-corrected chi connectivity index (χ0v) is 7.54. The first-order chi connectivity index (χ1) is 5.77. The van der Waals surface area contributed by atoms with Gasteiger partial charge in [-0.25, -0.2) is 4.79 Å². The SMILES string of the molecule is CCC1CC1N/C=C/C(=O)OC. The van der Waals surface area contributed by atoms with Crippen LogP contribution in [0.15, 0.2) is 12.3 Å². The molecule has 68 valence electrons. The van der Waals surface area contributed by atoms with Crippen molar-refractivity contribution < 1.29 is 9.53 Å². The number of esters is 1. The Morgan fingerprint density at radius 2 is 2.50 bits per heavy atom. The van der Waals surface area contributed by atoms with E-state index in [0.29, 0.717) is 6.04 Å². The molecule has 1 aliphatic rings. The predicted molar refractivity (Wildman–Crippen MR) is 46.5 cm³/mol. The summed E-state index contributed by atoms with van der Waals surface area (Å²) in [5.74, 6) is 0.489. The largest absolute Gasteiger partial charge is 0.466 e. The second-order valence-electron chi connectivity index (χ2n) is 3.03. The molecule has 0 heterocycles. The molecule has 0 aliphatic heterocycles. The summed E-state index contributed by atoms with van der Waals surface area (Å²) in [6.45, 7) is 2.18. The van der Waals surface area contributed by atoms with Crippen LogP contribution in [-0.2, 0) is 9.53 Å². The Hall–Kier alpha value is -0.990. The molecule has 0 aromatic carbocycles. The molecule has 1 saturated carbocycles. The molecule has 12 heavy (non-hydrogen) atoms. The van der Waals surface area contributed by atoms with Crippen molar-refractivity contribution in [3.05, 3.63) is 12.3 Å². The molecular formula is C9H15NO2. The third-order valence-corrected chi connectivity index (χ3v) is 2.18. The second kappa shape index (κ2) is 4.14. The summed E-state index contributed by atoms with van der Waals surface area (Å²) >= 11 is 0. The number of carbonyl (C=O) groups is 1. The van der Waals surface area contributed by atoms with Gasteiger partial charge in [-0.05, 0) is 12.3 Å². The number of hydrogen-bond donors (Lipinski definition) is 1. The molecule has 0 saturated heterocycles. The molecule has 3 heteroatoms. The van der Waals surface area contributed by atoms with E-state index in [1.54, 1.807) is 6.20 Å². The van der Waals surface area contributed by atoms with Gasteiger partial charge >= 0.3 is 5.97 Å². The van der Waals surface area contributed by atoms with Crippen LogP contribution in [0.5, 0.6) is 0 Å². The Labute approximate surface area is 72.8 Å². The van der Waals surface area contributed by atoms with Crippen molar-refractivity contribution in [1.82, 2.24) is 5.32 Å². The summed E-state index contributed by atoms with van der Waals surface area (Å²) in [6, 6.07) is 0.580. The summed E-state index contributed by atoms with van der Waals surface area (Å²) in [5.41, 5.74) is 0. The Morgan fingerprint density at radius 1 is 1.75 bits per heavy atom. The summed E-state index contributed by atoms with van der Waals surface area (Å²) in [7, 11) is 1.37. The van der Waals surface area contributed by atoms with Crippen molar-refractivity contribution in [2.75, 3.05) is 7.11 Å². The van der Waals surface area contributed by atoms with E-state index in [9.17, 15) is 4.79 Å². The van der Waals surface area contributed by atoms with Crippen molar-refractivity contribution >= 4 is 5.97 Å². The maximum Gasteiger partial charge on any atom is 0.331 e. The highest BCUT2D eigenvalue weighted by atomic mass is 16.5. The van der Waals surface area contributed by atoms with Crippen LogP contribution in [0.1, 0.15) is 19.8 Å². The van der Waals surface area contributed by atoms with Crippen LogP contribution in [0.3, 0.4) is 0 Å². The maximum absolute atomic E-state index is 10.6. The number of carbonyl (C=O) groups excluding carboxylic acids is 1. The van der Waals surface area contributed by atoms with Crippen LogP contribution in [-0.4, -0.2) is 19.1 Å². The van der Waals surface area contributed by atoms with Gasteiger partial charge in [0, 0.05) is 18.3 Å². The molecule has 1 fully saturated rings. The Morgan fingerprint density at radius 3 is 3.00 bits per heavy atom. The number of nitrogens with one attached hydrogen (secondary N) is 1. The molecule has 2 atom stereocenters. The fourth-order valence-electron chi connectivity index (χ4n) is 1.21. The molecule has 0 radical (unpaired) electrons. The average Bonchev–Trinajstić information content (AvgIpc) is 2.83. The lowest BCUT2D eigenvalue weighted by Gasteiger charge is -1.96. The normalized spacial score (nSPS) is 27.2. The smallest absolute Gasteiger partial charge is 0.331 e. The molecule has 3 nitrogen and oxygen atoms in total. The molecule has 2 unspecified atom stereocenters. The van der Waals surface area contributed by atoms with Gasteiger partial charge in [0.15, 0.2) is 0 Å². The molecular weight excluding hydrogens is 154 g/mol. The summed E-state index contributed by atoms with van der Waals surface area (Å²) in [4.78, 5) is 10.6. The van der Waals surface area contributed by atoms with E-state index in [0.717, 1.165) is 5.92 Å². The van der Waals surface area contributed by atoms with Crippen LogP contribution in [0.4, 0.5) is 0 Å². The first-order valence-electron chi connectivity index (χ1n) is 4.28. The molecule has 1 N–H and O–H groups in total. The Kier molecular flexibility index (Phi) is 3.14. The minimum absolute atomic E-state index is 0.309. The van der Waals surface area contributed by atoms with E-state index in [1.165, 1.54) is 26.0 Å². The van der Waals surface area contributed by atoms with Gasteiger partial charge in [-0.3, -0.25) is 0 Å². The van der Waals surface area contributed by atoms with Crippen molar-refractivity contribution in [3.8, 4) is 0 Å². The van der Waals surface area contributed by atoms with Gasteiger partial charge in [-0.15, -0.1) is 0 Å². The molecule has 1 aliphatic carbocycles. The van der Waals surface area contributed by atoms with Gasteiger partial charge in [0.1, 0.15) is 0 Å². The minimum Gasteiger partial charge on any atom is -0.466 e. The molecule has 0 aromatic rings. The monoisotopic (exact) mass is 169 g/mol. The van der Waals surface area contributed by atoms with E-state index in [-0.39, 0.29) is 5.97 Å². The first kappa shape index (κ1) is 9.10. The molecule has 0 bridgehead atoms. The minimum atomic E-state index is -0.309. The molecule has 0 spiro atoms. The number of rotatable bonds is 4. The summed E-state index contributed by atoms with van der Waals surface area (Å²) in [6.07, 6.45) is 5.52. The number of hydrogen-bond acceptors (Lipinski definition) is 3. The second-order valence-corrected chi connectivity index (χ2v) is 3.03. The topological polar surface area (TPSA) is 38.3 Å². The highest BCUT2D eigenvalue weighted by Gasteiger charge is 2.33. The predicted octanol–water partition coefficient (Wildman–Crippen LogP) is 1.06. The van der Waals surface area contributed by atoms with Gasteiger partial charge in [0.2, 0.25) is 0 Å². The highest BCUT2D eigenvalue weighted by Crippen LogP contribution is 2.32. The van der Waals surface area contributed by atoms with E-state index >= 15 is 0 Å². The first-order valence-corrected chi connectivity index (χ1v) is 4.28. The van der Waals surface area contributed by atoms with Crippen molar-refractivity contribution in [1.29, 1.82) is 0 Å². The molecule has 0 amide bonds. The lowest BCUT2D eigenvalue weighted by Crippen LogP contribution is -2.10. The van der Waals surface area contributed by atoms with Gasteiger partial charge in [0.05, 0.1) is 7.11 Å². The average molecular weight is 169 g/mol. The number of methoxy groups -OCH3 is 1. The van der Waals surface area contributed by atoms with Crippen molar-refractivity contribution in [2.24, 2.45) is 5.92 Å². The summed E-state index contributed by atoms with van der Waals surface area (Å²) in [5, 5.41) is 3.14. The van der Waals surface area contributed by atoms with Gasteiger partial charge < -0.3 is 10.1 Å². The van der Waals surface area contributed by atoms with E-state index < -0.39 is 0 Å².